The fourth-order valence-electron chi connectivity index (χ4n) is 1.98. The highest BCUT2D eigenvalue weighted by molar-refractivity contribution is 9.10. The molecular formula is C15H11Br2N3OS. The van der Waals surface area contributed by atoms with Crippen LogP contribution in [-0.2, 0) is 5.75 Å². The quantitative estimate of drug-likeness (QED) is 0.380. The normalized spacial score (nSPS) is 11.0. The molecule has 0 spiro atoms. The predicted octanol–water partition coefficient (Wildman–Crippen LogP) is 3.93. The van der Waals surface area contributed by atoms with Gasteiger partial charge in [0.2, 0.25) is 0 Å². The summed E-state index contributed by atoms with van der Waals surface area (Å²) >= 11 is 8.20. The molecule has 0 radical (unpaired) electrons. The number of hydrogen-bond donors (Lipinski definition) is 1. The SMILES string of the molecule is Nn1c(SCc2ccc(Br)cc2)nc2ccc(Br)cc2c1=O. The van der Waals surface area contributed by atoms with Crippen LogP contribution < -0.4 is 11.4 Å². The lowest BCUT2D eigenvalue weighted by Crippen LogP contribution is -2.29. The van der Waals surface area contributed by atoms with Crippen molar-refractivity contribution in [3.63, 3.8) is 0 Å². The number of thioether (sulfide) groups is 1. The van der Waals surface area contributed by atoms with Crippen molar-refractivity contribution >= 4 is 54.5 Å². The van der Waals surface area contributed by atoms with Gasteiger partial charge in [-0.2, -0.15) is 0 Å². The summed E-state index contributed by atoms with van der Waals surface area (Å²) in [5.41, 5.74) is 1.54. The number of nitrogens with two attached hydrogens (primary N) is 1. The number of rotatable bonds is 3. The Balaban J connectivity index is 1.94. The van der Waals surface area contributed by atoms with E-state index in [1.807, 2.05) is 36.4 Å². The van der Waals surface area contributed by atoms with Crippen LogP contribution in [0, 0.1) is 0 Å². The van der Waals surface area contributed by atoms with Crippen molar-refractivity contribution in [3.05, 3.63) is 67.3 Å². The minimum Gasteiger partial charge on any atom is -0.334 e. The molecule has 2 aromatic carbocycles. The zero-order valence-electron chi connectivity index (χ0n) is 11.3. The van der Waals surface area contributed by atoms with Gasteiger partial charge in [0.05, 0.1) is 10.9 Å². The van der Waals surface area contributed by atoms with Crippen molar-refractivity contribution in [2.75, 3.05) is 5.84 Å². The van der Waals surface area contributed by atoms with Crippen LogP contribution in [0.5, 0.6) is 0 Å². The van der Waals surface area contributed by atoms with E-state index in [1.54, 1.807) is 6.07 Å². The molecule has 1 heterocycles. The number of aromatic nitrogens is 2. The van der Waals surface area contributed by atoms with Gasteiger partial charge >= 0.3 is 0 Å². The minimum atomic E-state index is -0.246. The van der Waals surface area contributed by atoms with Gasteiger partial charge in [0, 0.05) is 14.7 Å². The molecule has 7 heteroatoms. The Bertz CT molecular complexity index is 894. The molecule has 0 unspecified atom stereocenters. The van der Waals surface area contributed by atoms with Crippen molar-refractivity contribution in [2.24, 2.45) is 0 Å². The predicted molar refractivity (Wildman–Crippen MR) is 97.6 cm³/mol. The molecule has 0 amide bonds. The van der Waals surface area contributed by atoms with Crippen LogP contribution in [0.4, 0.5) is 0 Å². The summed E-state index contributed by atoms with van der Waals surface area (Å²) in [5, 5.41) is 1.01. The summed E-state index contributed by atoms with van der Waals surface area (Å²) < 4.78 is 2.97. The second-order valence-corrected chi connectivity index (χ2v) is 7.42. The molecular weight excluding hydrogens is 430 g/mol. The lowest BCUT2D eigenvalue weighted by atomic mass is 10.2. The van der Waals surface area contributed by atoms with Gasteiger partial charge in [-0.1, -0.05) is 55.8 Å². The average Bonchev–Trinajstić information content (AvgIpc) is 2.52. The lowest BCUT2D eigenvalue weighted by Gasteiger charge is -2.08. The van der Waals surface area contributed by atoms with Gasteiger partial charge < -0.3 is 5.84 Å². The van der Waals surface area contributed by atoms with E-state index in [2.05, 4.69) is 36.8 Å². The highest BCUT2D eigenvalue weighted by Crippen LogP contribution is 2.23. The van der Waals surface area contributed by atoms with E-state index in [0.717, 1.165) is 19.2 Å². The van der Waals surface area contributed by atoms with Gasteiger partial charge in [0.15, 0.2) is 5.16 Å². The smallest absolute Gasteiger partial charge is 0.280 e. The van der Waals surface area contributed by atoms with E-state index < -0.39 is 0 Å². The molecule has 0 bridgehead atoms. The number of benzene rings is 2. The van der Waals surface area contributed by atoms with Gasteiger partial charge in [0.1, 0.15) is 0 Å². The maximum absolute atomic E-state index is 12.3. The second-order valence-electron chi connectivity index (χ2n) is 4.65. The molecule has 3 aromatic rings. The van der Waals surface area contributed by atoms with E-state index >= 15 is 0 Å². The third-order valence-electron chi connectivity index (χ3n) is 3.11. The van der Waals surface area contributed by atoms with Crippen molar-refractivity contribution in [3.8, 4) is 0 Å². The Morgan fingerprint density at radius 3 is 2.50 bits per heavy atom. The third-order valence-corrected chi connectivity index (χ3v) is 5.16. The number of halogens is 2. The number of nitrogen functional groups attached to an aromatic ring is 1. The van der Waals surface area contributed by atoms with E-state index in [4.69, 9.17) is 5.84 Å². The zero-order chi connectivity index (χ0) is 15.7. The monoisotopic (exact) mass is 439 g/mol. The number of hydrogen-bond acceptors (Lipinski definition) is 4. The second kappa shape index (κ2) is 6.44. The van der Waals surface area contributed by atoms with E-state index in [0.29, 0.717) is 21.8 Å². The molecule has 0 fully saturated rings. The number of nitrogens with zero attached hydrogens (tertiary/aromatic N) is 2. The highest BCUT2D eigenvalue weighted by atomic mass is 79.9. The summed E-state index contributed by atoms with van der Waals surface area (Å²) in [6.07, 6.45) is 0. The first-order valence-corrected chi connectivity index (χ1v) is 8.96. The largest absolute Gasteiger partial charge is 0.334 e. The summed E-state index contributed by atoms with van der Waals surface area (Å²) in [7, 11) is 0. The maximum atomic E-state index is 12.3. The zero-order valence-corrected chi connectivity index (χ0v) is 15.3. The van der Waals surface area contributed by atoms with Gasteiger partial charge in [-0.05, 0) is 35.9 Å². The summed E-state index contributed by atoms with van der Waals surface area (Å²) in [5.74, 6) is 6.58. The van der Waals surface area contributed by atoms with Crippen molar-refractivity contribution in [1.29, 1.82) is 0 Å². The van der Waals surface area contributed by atoms with Gasteiger partial charge in [0.25, 0.3) is 5.56 Å². The molecule has 0 aliphatic rings. The van der Waals surface area contributed by atoms with Crippen LogP contribution >= 0.6 is 43.6 Å². The van der Waals surface area contributed by atoms with Crippen LogP contribution in [0.3, 0.4) is 0 Å². The molecule has 0 saturated carbocycles. The highest BCUT2D eigenvalue weighted by Gasteiger charge is 2.10. The molecule has 0 aliphatic heterocycles. The van der Waals surface area contributed by atoms with Crippen LogP contribution in [0.1, 0.15) is 5.56 Å². The average molecular weight is 441 g/mol. The first-order valence-electron chi connectivity index (χ1n) is 6.39. The van der Waals surface area contributed by atoms with E-state index in [9.17, 15) is 4.79 Å². The third kappa shape index (κ3) is 3.21. The first-order chi connectivity index (χ1) is 10.5. The molecule has 2 N–H and O–H groups in total. The molecule has 4 nitrogen and oxygen atoms in total. The van der Waals surface area contributed by atoms with E-state index in [1.165, 1.54) is 11.8 Å². The molecule has 1 aromatic heterocycles. The fourth-order valence-corrected chi connectivity index (χ4v) is 3.48. The van der Waals surface area contributed by atoms with Crippen LogP contribution in [0.2, 0.25) is 0 Å². The van der Waals surface area contributed by atoms with Gasteiger partial charge in [-0.15, -0.1) is 0 Å². The Hall–Kier alpha value is -1.31. The Morgan fingerprint density at radius 1 is 1.09 bits per heavy atom. The maximum Gasteiger partial charge on any atom is 0.280 e. The first kappa shape index (κ1) is 15.6. The van der Waals surface area contributed by atoms with Crippen LogP contribution in [0.15, 0.2) is 61.4 Å². The standard InChI is InChI=1S/C15H11Br2N3OS/c16-10-3-1-9(2-4-10)8-22-15-19-13-6-5-11(17)7-12(13)14(21)20(15)18/h1-7H,8,18H2. The Kier molecular flexibility index (Phi) is 4.56. The lowest BCUT2D eigenvalue weighted by molar-refractivity contribution is 0.779. The van der Waals surface area contributed by atoms with Gasteiger partial charge in [-0.3, -0.25) is 4.79 Å². The summed E-state index contributed by atoms with van der Waals surface area (Å²) in [6.45, 7) is 0. The summed E-state index contributed by atoms with van der Waals surface area (Å²) in [4.78, 5) is 16.8. The summed E-state index contributed by atoms with van der Waals surface area (Å²) in [6, 6.07) is 13.4. The molecule has 3 rings (SSSR count). The molecule has 0 saturated heterocycles. The van der Waals surface area contributed by atoms with Crippen LogP contribution in [0.25, 0.3) is 10.9 Å². The number of fused-ring (bicyclic) bond motifs is 1. The Morgan fingerprint density at radius 2 is 1.77 bits per heavy atom. The molecule has 112 valence electrons. The molecule has 0 atom stereocenters. The fraction of sp³-hybridized carbons (Fsp3) is 0.0667. The van der Waals surface area contributed by atoms with Crippen molar-refractivity contribution in [1.82, 2.24) is 9.66 Å². The molecule has 0 aliphatic carbocycles. The Labute approximate surface area is 148 Å². The minimum absolute atomic E-state index is 0.246. The van der Waals surface area contributed by atoms with Crippen LogP contribution in [-0.4, -0.2) is 9.66 Å². The molecule has 22 heavy (non-hydrogen) atoms. The topological polar surface area (TPSA) is 60.9 Å². The van der Waals surface area contributed by atoms with E-state index in [-0.39, 0.29) is 5.56 Å². The van der Waals surface area contributed by atoms with Crippen molar-refractivity contribution in [2.45, 2.75) is 10.9 Å². The van der Waals surface area contributed by atoms with Gasteiger partial charge in [-0.25, -0.2) is 9.66 Å². The van der Waals surface area contributed by atoms with Crippen molar-refractivity contribution < 1.29 is 0 Å².